The molecule has 8 nitrogen and oxygen atoms in total. The van der Waals surface area contributed by atoms with Crippen LogP contribution in [0.5, 0.6) is 0 Å². The van der Waals surface area contributed by atoms with Crippen LogP contribution >= 0.6 is 0 Å². The van der Waals surface area contributed by atoms with Crippen molar-refractivity contribution < 1.29 is 0 Å². The van der Waals surface area contributed by atoms with Crippen LogP contribution in [-0.4, -0.2) is 29.7 Å². The Balaban J connectivity index is 1.61. The number of benzene rings is 1. The Bertz CT molecular complexity index is 1010. The van der Waals surface area contributed by atoms with Crippen LogP contribution in [0.3, 0.4) is 0 Å². The zero-order chi connectivity index (χ0) is 16.0. The molecule has 0 fully saturated rings. The van der Waals surface area contributed by atoms with E-state index in [1.807, 2.05) is 19.2 Å². The summed E-state index contributed by atoms with van der Waals surface area (Å²) in [5.41, 5.74) is 9.79. The molecule has 4 N–H and O–H groups in total. The van der Waals surface area contributed by atoms with Gasteiger partial charge in [0.1, 0.15) is 11.6 Å². The van der Waals surface area contributed by atoms with E-state index in [1.165, 1.54) is 5.56 Å². The summed E-state index contributed by atoms with van der Waals surface area (Å²) in [7, 11) is 1.82. The molecular formula is C15H16N8. The fourth-order valence-corrected chi connectivity index (χ4v) is 2.55. The van der Waals surface area contributed by atoms with Crippen LogP contribution in [0.15, 0.2) is 24.4 Å². The Morgan fingerprint density at radius 1 is 1.26 bits per heavy atom. The molecule has 0 saturated heterocycles. The number of fused-ring (bicyclic) bond motifs is 2. The van der Waals surface area contributed by atoms with Gasteiger partial charge in [0.05, 0.1) is 29.2 Å². The molecule has 4 aromatic rings. The topological polar surface area (TPSA) is 110 Å². The minimum atomic E-state index is 0.408. The first-order chi connectivity index (χ1) is 11.1. The van der Waals surface area contributed by atoms with Gasteiger partial charge in [-0.25, -0.2) is 4.98 Å². The molecule has 0 unspecified atom stereocenters. The van der Waals surface area contributed by atoms with E-state index in [4.69, 9.17) is 5.73 Å². The van der Waals surface area contributed by atoms with Crippen LogP contribution in [0.25, 0.3) is 22.1 Å². The van der Waals surface area contributed by atoms with Crippen molar-refractivity contribution in [1.82, 2.24) is 29.7 Å². The van der Waals surface area contributed by atoms with Gasteiger partial charge in [-0.15, -0.1) is 0 Å². The lowest BCUT2D eigenvalue weighted by Crippen LogP contribution is -2.07. The minimum absolute atomic E-state index is 0.408. The number of aromatic amines is 1. The van der Waals surface area contributed by atoms with Crippen molar-refractivity contribution in [2.75, 3.05) is 11.1 Å². The fourth-order valence-electron chi connectivity index (χ4n) is 2.55. The van der Waals surface area contributed by atoms with E-state index >= 15 is 0 Å². The van der Waals surface area contributed by atoms with E-state index in [0.29, 0.717) is 24.0 Å². The Morgan fingerprint density at radius 2 is 2.13 bits per heavy atom. The average Bonchev–Trinajstić information content (AvgIpc) is 3.09. The van der Waals surface area contributed by atoms with Gasteiger partial charge in [-0.05, 0) is 24.6 Å². The third-order valence-corrected chi connectivity index (χ3v) is 3.72. The summed E-state index contributed by atoms with van der Waals surface area (Å²) in [6.45, 7) is 2.54. The molecule has 4 rings (SSSR count). The molecule has 0 saturated carbocycles. The zero-order valence-corrected chi connectivity index (χ0v) is 12.8. The number of aromatic nitrogens is 6. The molecule has 0 spiro atoms. The van der Waals surface area contributed by atoms with Crippen molar-refractivity contribution in [3.63, 3.8) is 0 Å². The highest BCUT2D eigenvalue weighted by Crippen LogP contribution is 2.19. The van der Waals surface area contributed by atoms with Gasteiger partial charge in [0.25, 0.3) is 0 Å². The summed E-state index contributed by atoms with van der Waals surface area (Å²) in [6.07, 6.45) is 1.66. The van der Waals surface area contributed by atoms with Gasteiger partial charge in [-0.1, -0.05) is 6.07 Å². The number of nitrogen functional groups attached to an aromatic ring is 1. The molecule has 116 valence electrons. The molecule has 0 aliphatic heterocycles. The van der Waals surface area contributed by atoms with Crippen LogP contribution in [0.1, 0.15) is 11.4 Å². The molecule has 0 atom stereocenters. The maximum Gasteiger partial charge on any atom is 0.227 e. The second-order valence-electron chi connectivity index (χ2n) is 5.50. The van der Waals surface area contributed by atoms with Crippen molar-refractivity contribution in [1.29, 1.82) is 0 Å². The van der Waals surface area contributed by atoms with Crippen molar-refractivity contribution in [3.8, 4) is 0 Å². The van der Waals surface area contributed by atoms with Crippen LogP contribution in [0.2, 0.25) is 0 Å². The molecular weight excluding hydrogens is 292 g/mol. The number of nitrogens with zero attached hydrogens (tertiary/aromatic N) is 5. The van der Waals surface area contributed by atoms with E-state index in [2.05, 4.69) is 43.3 Å². The molecule has 23 heavy (non-hydrogen) atoms. The smallest absolute Gasteiger partial charge is 0.227 e. The minimum Gasteiger partial charge on any atom is -0.383 e. The van der Waals surface area contributed by atoms with Crippen LogP contribution in [0, 0.1) is 6.92 Å². The summed E-state index contributed by atoms with van der Waals surface area (Å²) in [5.74, 6) is 1.68. The van der Waals surface area contributed by atoms with E-state index in [-0.39, 0.29) is 0 Å². The van der Waals surface area contributed by atoms with Gasteiger partial charge in [0.15, 0.2) is 5.65 Å². The van der Waals surface area contributed by atoms with Crippen LogP contribution in [0.4, 0.5) is 11.8 Å². The summed E-state index contributed by atoms with van der Waals surface area (Å²) in [4.78, 5) is 16.5. The van der Waals surface area contributed by atoms with Crippen LogP contribution < -0.4 is 11.1 Å². The Morgan fingerprint density at radius 3 is 3.00 bits per heavy atom. The number of rotatable bonds is 3. The van der Waals surface area contributed by atoms with E-state index in [1.54, 1.807) is 10.9 Å². The molecule has 0 amide bonds. The Labute approximate surface area is 131 Å². The number of imidazole rings is 1. The van der Waals surface area contributed by atoms with Crippen molar-refractivity contribution in [2.24, 2.45) is 7.05 Å². The lowest BCUT2D eigenvalue weighted by molar-refractivity contribution is 0.785. The maximum absolute atomic E-state index is 5.95. The summed E-state index contributed by atoms with van der Waals surface area (Å²) in [5, 5.41) is 8.04. The number of H-pyrrole nitrogens is 1. The predicted molar refractivity (Wildman–Crippen MR) is 88.9 cm³/mol. The van der Waals surface area contributed by atoms with Crippen LogP contribution in [-0.2, 0) is 13.6 Å². The van der Waals surface area contributed by atoms with E-state index < -0.39 is 0 Å². The second-order valence-corrected chi connectivity index (χ2v) is 5.50. The lowest BCUT2D eigenvalue weighted by atomic mass is 10.2. The van der Waals surface area contributed by atoms with Gasteiger partial charge in [-0.2, -0.15) is 15.1 Å². The van der Waals surface area contributed by atoms with Crippen molar-refractivity contribution in [2.45, 2.75) is 13.5 Å². The number of hydrogen-bond acceptors (Lipinski definition) is 6. The second kappa shape index (κ2) is 4.94. The zero-order valence-electron chi connectivity index (χ0n) is 12.8. The third kappa shape index (κ3) is 2.33. The predicted octanol–water partition coefficient (Wildman–Crippen LogP) is 1.74. The number of nitrogens with one attached hydrogen (secondary N) is 2. The number of aryl methyl sites for hydroxylation is 2. The summed E-state index contributed by atoms with van der Waals surface area (Å²) in [6, 6.07) is 6.11. The van der Waals surface area contributed by atoms with Gasteiger partial charge in [-0.3, -0.25) is 4.68 Å². The highest BCUT2D eigenvalue weighted by Gasteiger charge is 2.10. The molecule has 8 heteroatoms. The fraction of sp³-hybridized carbons (Fsp3) is 0.200. The van der Waals surface area contributed by atoms with Crippen molar-refractivity contribution in [3.05, 3.63) is 35.8 Å². The monoisotopic (exact) mass is 308 g/mol. The first-order valence-corrected chi connectivity index (χ1v) is 7.24. The quantitative estimate of drug-likeness (QED) is 0.532. The third-order valence-electron chi connectivity index (χ3n) is 3.72. The summed E-state index contributed by atoms with van der Waals surface area (Å²) < 4.78 is 1.67. The number of hydrogen-bond donors (Lipinski definition) is 3. The highest BCUT2D eigenvalue weighted by molar-refractivity contribution is 5.86. The molecule has 0 aliphatic rings. The van der Waals surface area contributed by atoms with E-state index in [0.717, 1.165) is 22.2 Å². The molecule has 1 aromatic carbocycles. The molecule has 0 bridgehead atoms. The molecule has 3 aromatic heterocycles. The van der Waals surface area contributed by atoms with E-state index in [9.17, 15) is 0 Å². The Kier molecular flexibility index (Phi) is 2.90. The standard InChI is InChI=1S/C15H16N8/c1-8-3-4-10-11(5-8)20-12(19-10)7-17-15-21-13(16)9-6-18-23(2)14(9)22-15/h3-6H,7H2,1-2H3,(H,19,20)(H3,16,17,21,22). The van der Waals surface area contributed by atoms with Crippen molar-refractivity contribution >= 4 is 33.8 Å². The van der Waals surface area contributed by atoms with Gasteiger partial charge in [0.2, 0.25) is 5.95 Å². The number of anilines is 2. The first-order valence-electron chi connectivity index (χ1n) is 7.24. The molecule has 3 heterocycles. The summed E-state index contributed by atoms with van der Waals surface area (Å²) >= 11 is 0. The highest BCUT2D eigenvalue weighted by atomic mass is 15.3. The molecule has 0 aliphatic carbocycles. The average molecular weight is 308 g/mol. The largest absolute Gasteiger partial charge is 0.383 e. The van der Waals surface area contributed by atoms with Gasteiger partial charge >= 0.3 is 0 Å². The maximum atomic E-state index is 5.95. The van der Waals surface area contributed by atoms with Gasteiger partial charge < -0.3 is 16.0 Å². The normalized spacial score (nSPS) is 11.4. The van der Waals surface area contributed by atoms with Gasteiger partial charge in [0, 0.05) is 7.05 Å². The number of nitrogens with two attached hydrogens (primary N) is 1. The first kappa shape index (κ1) is 13.5. The SMILES string of the molecule is Cc1ccc2nc(CNc3nc(N)c4cnn(C)c4n3)[nH]c2c1. The Hall–Kier alpha value is -3.16. The molecule has 0 radical (unpaired) electrons. The lowest BCUT2D eigenvalue weighted by Gasteiger charge is -2.04.